The van der Waals surface area contributed by atoms with E-state index in [2.05, 4.69) is 5.32 Å². The van der Waals surface area contributed by atoms with Crippen molar-refractivity contribution in [3.8, 4) is 11.5 Å². The Hall–Kier alpha value is -2.20. The zero-order chi connectivity index (χ0) is 15.1. The Bertz CT molecular complexity index is 616. The first-order valence-corrected chi connectivity index (χ1v) is 6.83. The molecule has 21 heavy (non-hydrogen) atoms. The predicted molar refractivity (Wildman–Crippen MR) is 81.8 cm³/mol. The maximum Gasteiger partial charge on any atom is 0.258 e. The molecule has 0 aliphatic carbocycles. The van der Waals surface area contributed by atoms with E-state index in [0.717, 1.165) is 11.3 Å². The van der Waals surface area contributed by atoms with Gasteiger partial charge in [-0.3, -0.25) is 4.79 Å². The second-order valence-corrected chi connectivity index (χ2v) is 4.81. The first-order valence-electron chi connectivity index (χ1n) is 6.45. The van der Waals surface area contributed by atoms with Gasteiger partial charge in [-0.2, -0.15) is 0 Å². The highest BCUT2D eigenvalue weighted by atomic mass is 35.5. The first kappa shape index (κ1) is 15.2. The molecule has 0 atom stereocenters. The fraction of sp³-hybridized carbons (Fsp3) is 0.188. The number of hydrogen-bond acceptors (Lipinski definition) is 3. The Kier molecular flexibility index (Phi) is 5.46. The second kappa shape index (κ2) is 7.55. The Morgan fingerprint density at radius 3 is 2.67 bits per heavy atom. The van der Waals surface area contributed by atoms with Gasteiger partial charge in [-0.1, -0.05) is 29.8 Å². The van der Waals surface area contributed by atoms with Crippen molar-refractivity contribution in [3.63, 3.8) is 0 Å². The normalized spacial score (nSPS) is 10.0. The average molecular weight is 306 g/mol. The molecule has 0 unspecified atom stereocenters. The molecule has 0 radical (unpaired) electrons. The van der Waals surface area contributed by atoms with Crippen LogP contribution in [0.5, 0.6) is 11.5 Å². The molecule has 0 aromatic heterocycles. The molecule has 2 aromatic carbocycles. The summed E-state index contributed by atoms with van der Waals surface area (Å²) < 4.78 is 10.5. The van der Waals surface area contributed by atoms with E-state index in [1.165, 1.54) is 0 Å². The highest BCUT2D eigenvalue weighted by Crippen LogP contribution is 2.17. The molecule has 0 fully saturated rings. The van der Waals surface area contributed by atoms with E-state index in [4.69, 9.17) is 21.1 Å². The molecule has 0 bridgehead atoms. The van der Waals surface area contributed by atoms with Gasteiger partial charge < -0.3 is 14.8 Å². The maximum absolute atomic E-state index is 11.7. The largest absolute Gasteiger partial charge is 0.497 e. The lowest BCUT2D eigenvalue weighted by Crippen LogP contribution is -2.28. The fourth-order valence-electron chi connectivity index (χ4n) is 1.74. The molecule has 2 aromatic rings. The molecule has 0 saturated carbocycles. The molecule has 1 amide bonds. The fourth-order valence-corrected chi connectivity index (χ4v) is 1.92. The summed E-state index contributed by atoms with van der Waals surface area (Å²) >= 11 is 5.84. The molecule has 0 aliphatic heterocycles. The molecule has 4 nitrogen and oxygen atoms in total. The monoisotopic (exact) mass is 305 g/mol. The van der Waals surface area contributed by atoms with Crippen LogP contribution in [0.2, 0.25) is 5.02 Å². The van der Waals surface area contributed by atoms with Crippen LogP contribution < -0.4 is 14.8 Å². The van der Waals surface area contributed by atoms with Gasteiger partial charge in [0, 0.05) is 11.6 Å². The van der Waals surface area contributed by atoms with E-state index in [0.29, 0.717) is 17.3 Å². The smallest absolute Gasteiger partial charge is 0.258 e. The number of halogens is 1. The molecular weight excluding hydrogens is 290 g/mol. The number of methoxy groups -OCH3 is 1. The Morgan fingerprint density at radius 1 is 1.14 bits per heavy atom. The van der Waals surface area contributed by atoms with E-state index >= 15 is 0 Å². The summed E-state index contributed by atoms with van der Waals surface area (Å²) in [7, 11) is 1.61. The third kappa shape index (κ3) is 5.00. The van der Waals surface area contributed by atoms with Crippen LogP contribution in [0.3, 0.4) is 0 Å². The summed E-state index contributed by atoms with van der Waals surface area (Å²) in [6.45, 7) is 0.374. The average Bonchev–Trinajstić information content (AvgIpc) is 2.51. The van der Waals surface area contributed by atoms with Gasteiger partial charge in [0.1, 0.15) is 11.5 Å². The van der Waals surface area contributed by atoms with Crippen LogP contribution in [0.1, 0.15) is 5.56 Å². The van der Waals surface area contributed by atoms with Crippen LogP contribution in [-0.2, 0) is 11.3 Å². The van der Waals surface area contributed by atoms with Gasteiger partial charge in [0.2, 0.25) is 0 Å². The van der Waals surface area contributed by atoms with Crippen molar-refractivity contribution in [2.24, 2.45) is 0 Å². The number of benzene rings is 2. The van der Waals surface area contributed by atoms with Gasteiger partial charge in [-0.25, -0.2) is 0 Å². The van der Waals surface area contributed by atoms with Crippen molar-refractivity contribution in [3.05, 3.63) is 59.1 Å². The molecule has 0 saturated heterocycles. The van der Waals surface area contributed by atoms with Gasteiger partial charge in [0.15, 0.2) is 6.61 Å². The minimum absolute atomic E-state index is 0.0513. The van der Waals surface area contributed by atoms with Crippen molar-refractivity contribution in [2.75, 3.05) is 13.7 Å². The quantitative estimate of drug-likeness (QED) is 0.892. The van der Waals surface area contributed by atoms with Gasteiger partial charge in [-0.15, -0.1) is 0 Å². The molecule has 0 aliphatic rings. The Balaban J connectivity index is 1.79. The van der Waals surface area contributed by atoms with Crippen molar-refractivity contribution in [2.45, 2.75) is 6.54 Å². The van der Waals surface area contributed by atoms with Gasteiger partial charge in [0.05, 0.1) is 7.11 Å². The van der Waals surface area contributed by atoms with Crippen molar-refractivity contribution in [1.29, 1.82) is 0 Å². The molecule has 110 valence electrons. The first-order chi connectivity index (χ1) is 10.2. The molecule has 2 rings (SSSR count). The summed E-state index contributed by atoms with van der Waals surface area (Å²) in [4.78, 5) is 11.7. The molecule has 1 N–H and O–H groups in total. The summed E-state index contributed by atoms with van der Waals surface area (Å²) in [6, 6.07) is 14.5. The second-order valence-electron chi connectivity index (χ2n) is 4.37. The van der Waals surface area contributed by atoms with E-state index in [9.17, 15) is 4.79 Å². The number of nitrogens with one attached hydrogen (secondary N) is 1. The van der Waals surface area contributed by atoms with Crippen molar-refractivity contribution >= 4 is 17.5 Å². The van der Waals surface area contributed by atoms with Crippen molar-refractivity contribution in [1.82, 2.24) is 5.32 Å². The molecular formula is C16H16ClNO3. The number of amides is 1. The van der Waals surface area contributed by atoms with Crippen molar-refractivity contribution < 1.29 is 14.3 Å². The van der Waals surface area contributed by atoms with Crippen LogP contribution in [0, 0.1) is 0 Å². The van der Waals surface area contributed by atoms with Crippen LogP contribution in [0.4, 0.5) is 0 Å². The Labute approximate surface area is 128 Å². The summed E-state index contributed by atoms with van der Waals surface area (Å²) in [5.74, 6) is 1.13. The Morgan fingerprint density at radius 2 is 1.90 bits per heavy atom. The van der Waals surface area contributed by atoms with E-state index < -0.39 is 0 Å². The molecule has 0 heterocycles. The third-order valence-electron chi connectivity index (χ3n) is 2.79. The molecule has 0 spiro atoms. The lowest BCUT2D eigenvalue weighted by Gasteiger charge is -2.08. The standard InChI is InChI=1S/C16H16ClNO3/c1-20-14-6-2-4-12(8-14)10-18-16(19)11-21-15-7-3-5-13(17)9-15/h2-9H,10-11H2,1H3,(H,18,19). The van der Waals surface area contributed by atoms with Gasteiger partial charge in [-0.05, 0) is 35.9 Å². The lowest BCUT2D eigenvalue weighted by atomic mass is 10.2. The van der Waals surface area contributed by atoms with Crippen LogP contribution in [0.15, 0.2) is 48.5 Å². The number of ether oxygens (including phenoxy) is 2. The van der Waals surface area contributed by atoms with Gasteiger partial charge in [0.25, 0.3) is 5.91 Å². The molecule has 5 heteroatoms. The van der Waals surface area contributed by atoms with Gasteiger partial charge >= 0.3 is 0 Å². The van der Waals surface area contributed by atoms with Crippen LogP contribution in [-0.4, -0.2) is 19.6 Å². The van der Waals surface area contributed by atoms with Crippen LogP contribution >= 0.6 is 11.6 Å². The SMILES string of the molecule is COc1cccc(CNC(=O)COc2cccc(Cl)c2)c1. The maximum atomic E-state index is 11.7. The summed E-state index contributed by atoms with van der Waals surface area (Å²) in [5, 5.41) is 3.36. The highest BCUT2D eigenvalue weighted by Gasteiger charge is 2.04. The third-order valence-corrected chi connectivity index (χ3v) is 3.02. The highest BCUT2D eigenvalue weighted by molar-refractivity contribution is 6.30. The minimum atomic E-state index is -0.196. The summed E-state index contributed by atoms with van der Waals surface area (Å²) in [6.07, 6.45) is 0. The van der Waals surface area contributed by atoms with E-state index in [-0.39, 0.29) is 12.5 Å². The number of hydrogen-bond donors (Lipinski definition) is 1. The number of rotatable bonds is 6. The summed E-state index contributed by atoms with van der Waals surface area (Å²) in [5.41, 5.74) is 0.963. The number of carbonyl (C=O) groups is 1. The minimum Gasteiger partial charge on any atom is -0.497 e. The zero-order valence-electron chi connectivity index (χ0n) is 11.6. The topological polar surface area (TPSA) is 47.6 Å². The van der Waals surface area contributed by atoms with E-state index in [1.54, 1.807) is 31.4 Å². The lowest BCUT2D eigenvalue weighted by molar-refractivity contribution is -0.123. The van der Waals surface area contributed by atoms with Crippen LogP contribution in [0.25, 0.3) is 0 Å². The predicted octanol–water partition coefficient (Wildman–Crippen LogP) is 3.04. The zero-order valence-corrected chi connectivity index (χ0v) is 12.4. The number of carbonyl (C=O) groups excluding carboxylic acids is 1. The van der Waals surface area contributed by atoms with E-state index in [1.807, 2.05) is 24.3 Å².